The third-order valence-corrected chi connectivity index (χ3v) is 7.69. The van der Waals surface area contributed by atoms with Gasteiger partial charge in [-0.15, -0.1) is 23.5 Å². The molecule has 0 aromatic heterocycles. The minimum absolute atomic E-state index is 0.855. The minimum atomic E-state index is 0.855. The minimum Gasteiger partial charge on any atom is -0.150 e. The van der Waals surface area contributed by atoms with Crippen LogP contribution in [-0.2, 0) is 0 Å². The molecule has 0 aromatic carbocycles. The highest BCUT2D eigenvalue weighted by molar-refractivity contribution is 8.23. The van der Waals surface area contributed by atoms with E-state index in [1.807, 2.05) is 23.5 Å². The molecule has 1 saturated heterocycles. The smallest absolute Gasteiger partial charge is 0.0591 e. The summed E-state index contributed by atoms with van der Waals surface area (Å²) < 4.78 is 1.71. The molecule has 0 aliphatic carbocycles. The van der Waals surface area contributed by atoms with Gasteiger partial charge in [-0.1, -0.05) is 0 Å². The number of thioether (sulfide) groups is 4. The summed E-state index contributed by atoms with van der Waals surface area (Å²) in [5.41, 5.74) is 0. The van der Waals surface area contributed by atoms with Crippen molar-refractivity contribution in [3.05, 3.63) is 0 Å². The van der Waals surface area contributed by atoms with Crippen LogP contribution in [0.3, 0.4) is 0 Å². The second-order valence-corrected chi connectivity index (χ2v) is 7.15. The molecule has 0 N–H and O–H groups in total. The van der Waals surface area contributed by atoms with Crippen molar-refractivity contribution in [3.63, 3.8) is 0 Å². The van der Waals surface area contributed by atoms with E-state index in [-0.39, 0.29) is 0 Å². The van der Waals surface area contributed by atoms with E-state index in [0.717, 1.165) is 9.16 Å². The molecular weight excluding hydrogens is 200 g/mol. The van der Waals surface area contributed by atoms with Crippen molar-refractivity contribution < 1.29 is 0 Å². The molecular formula is C6H12S4. The lowest BCUT2D eigenvalue weighted by atomic mass is 10.9. The predicted molar refractivity (Wildman–Crippen MR) is 59.5 cm³/mol. The second-order valence-electron chi connectivity index (χ2n) is 2.00. The molecule has 1 heterocycles. The zero-order valence-electron chi connectivity index (χ0n) is 6.20. The summed E-state index contributed by atoms with van der Waals surface area (Å²) in [6.07, 6.45) is 4.41. The summed E-state index contributed by atoms with van der Waals surface area (Å²) in [5, 5.41) is 0. The van der Waals surface area contributed by atoms with E-state index in [1.54, 1.807) is 0 Å². The highest BCUT2D eigenvalue weighted by atomic mass is 32.2. The molecule has 0 amide bonds. The highest BCUT2D eigenvalue weighted by Crippen LogP contribution is 2.38. The van der Waals surface area contributed by atoms with Gasteiger partial charge in [-0.2, -0.15) is 23.5 Å². The molecule has 0 saturated carbocycles. The van der Waals surface area contributed by atoms with Crippen molar-refractivity contribution >= 4 is 47.0 Å². The van der Waals surface area contributed by atoms with Gasteiger partial charge in [0.15, 0.2) is 0 Å². The van der Waals surface area contributed by atoms with Gasteiger partial charge in [-0.3, -0.25) is 0 Å². The normalized spacial score (nSPS) is 34.2. The molecule has 1 rings (SSSR count). The van der Waals surface area contributed by atoms with Crippen LogP contribution in [0, 0.1) is 0 Å². The fraction of sp³-hybridized carbons (Fsp3) is 1.00. The maximum Gasteiger partial charge on any atom is 0.0591 e. The zero-order chi connectivity index (χ0) is 7.40. The van der Waals surface area contributed by atoms with Gasteiger partial charge >= 0.3 is 0 Å². The Labute approximate surface area is 80.1 Å². The Kier molecular flexibility index (Phi) is 4.86. The first-order valence-electron chi connectivity index (χ1n) is 3.15. The summed E-state index contributed by atoms with van der Waals surface area (Å²) in [4.78, 5) is 0. The summed E-state index contributed by atoms with van der Waals surface area (Å²) in [7, 11) is 0. The average Bonchev–Trinajstić information content (AvgIpc) is 2.05. The van der Waals surface area contributed by atoms with Gasteiger partial charge in [0, 0.05) is 11.5 Å². The Hall–Kier alpha value is 1.40. The molecule has 10 heavy (non-hydrogen) atoms. The lowest BCUT2D eigenvalue weighted by molar-refractivity contribution is 1.33. The Morgan fingerprint density at radius 1 is 1.00 bits per heavy atom. The van der Waals surface area contributed by atoms with Crippen LogP contribution >= 0.6 is 47.0 Å². The molecule has 1 aliphatic rings. The van der Waals surface area contributed by atoms with Crippen LogP contribution < -0.4 is 0 Å². The monoisotopic (exact) mass is 212 g/mol. The van der Waals surface area contributed by atoms with Crippen LogP contribution in [0.25, 0.3) is 0 Å². The van der Waals surface area contributed by atoms with Crippen molar-refractivity contribution in [1.29, 1.82) is 0 Å². The molecule has 60 valence electrons. The lowest BCUT2D eigenvalue weighted by Crippen LogP contribution is -2.15. The summed E-state index contributed by atoms with van der Waals surface area (Å²) in [6.45, 7) is 0. The molecule has 1 aliphatic heterocycles. The topological polar surface area (TPSA) is 0 Å². The largest absolute Gasteiger partial charge is 0.150 e. The van der Waals surface area contributed by atoms with Crippen molar-refractivity contribution in [2.75, 3.05) is 24.0 Å². The number of rotatable bonds is 2. The van der Waals surface area contributed by atoms with Gasteiger partial charge in [0.05, 0.1) is 9.16 Å². The van der Waals surface area contributed by atoms with E-state index in [2.05, 4.69) is 36.0 Å². The molecule has 0 spiro atoms. The van der Waals surface area contributed by atoms with Crippen molar-refractivity contribution in [3.8, 4) is 0 Å². The Morgan fingerprint density at radius 2 is 1.40 bits per heavy atom. The fourth-order valence-electron chi connectivity index (χ4n) is 0.740. The van der Waals surface area contributed by atoms with E-state index < -0.39 is 0 Å². The number of hydrogen-bond donors (Lipinski definition) is 0. The lowest BCUT2D eigenvalue weighted by Gasteiger charge is -2.24. The SMILES string of the molecule is CSC1CSC(SC)CS1. The maximum atomic E-state index is 2.21. The van der Waals surface area contributed by atoms with E-state index in [1.165, 1.54) is 11.5 Å². The molecule has 2 unspecified atom stereocenters. The Morgan fingerprint density at radius 3 is 1.60 bits per heavy atom. The van der Waals surface area contributed by atoms with E-state index in [4.69, 9.17) is 0 Å². The van der Waals surface area contributed by atoms with E-state index in [0.29, 0.717) is 0 Å². The van der Waals surface area contributed by atoms with E-state index in [9.17, 15) is 0 Å². The van der Waals surface area contributed by atoms with Gasteiger partial charge in [-0.25, -0.2) is 0 Å². The third kappa shape index (κ3) is 2.80. The molecule has 1 fully saturated rings. The average molecular weight is 212 g/mol. The second kappa shape index (κ2) is 5.12. The molecule has 2 atom stereocenters. The van der Waals surface area contributed by atoms with Crippen LogP contribution in [0.15, 0.2) is 0 Å². The van der Waals surface area contributed by atoms with Crippen LogP contribution in [0.4, 0.5) is 0 Å². The molecule has 0 nitrogen and oxygen atoms in total. The molecule has 0 bridgehead atoms. The van der Waals surface area contributed by atoms with Gasteiger partial charge in [-0.05, 0) is 12.5 Å². The maximum absolute atomic E-state index is 2.21. The van der Waals surface area contributed by atoms with Crippen molar-refractivity contribution in [1.82, 2.24) is 0 Å². The van der Waals surface area contributed by atoms with E-state index >= 15 is 0 Å². The van der Waals surface area contributed by atoms with Crippen LogP contribution in [0.5, 0.6) is 0 Å². The summed E-state index contributed by atoms with van der Waals surface area (Å²) in [6, 6.07) is 0. The van der Waals surface area contributed by atoms with Crippen molar-refractivity contribution in [2.24, 2.45) is 0 Å². The van der Waals surface area contributed by atoms with Gasteiger partial charge in [0.2, 0.25) is 0 Å². The Balaban J connectivity index is 2.17. The van der Waals surface area contributed by atoms with Gasteiger partial charge in [0.1, 0.15) is 0 Å². The van der Waals surface area contributed by atoms with Crippen LogP contribution in [0.2, 0.25) is 0 Å². The van der Waals surface area contributed by atoms with Crippen LogP contribution in [0.1, 0.15) is 0 Å². The first-order valence-corrected chi connectivity index (χ1v) is 7.83. The first-order chi connectivity index (χ1) is 4.86. The molecule has 0 radical (unpaired) electrons. The summed E-state index contributed by atoms with van der Waals surface area (Å²) >= 11 is 8.22. The Bertz CT molecular complexity index is 75.7. The summed E-state index contributed by atoms with van der Waals surface area (Å²) in [5.74, 6) is 2.66. The first kappa shape index (κ1) is 9.49. The number of hydrogen-bond acceptors (Lipinski definition) is 4. The van der Waals surface area contributed by atoms with Crippen LogP contribution in [-0.4, -0.2) is 33.2 Å². The predicted octanol–water partition coefficient (Wildman–Crippen LogP) is 2.84. The van der Waals surface area contributed by atoms with Crippen molar-refractivity contribution in [2.45, 2.75) is 9.16 Å². The highest BCUT2D eigenvalue weighted by Gasteiger charge is 2.19. The van der Waals surface area contributed by atoms with Gasteiger partial charge in [0.25, 0.3) is 0 Å². The fourth-order valence-corrected chi connectivity index (χ4v) is 5.85. The zero-order valence-corrected chi connectivity index (χ0v) is 9.47. The molecule has 0 aromatic rings. The molecule has 4 heteroatoms. The quantitative estimate of drug-likeness (QED) is 0.690. The third-order valence-electron chi connectivity index (χ3n) is 1.36. The van der Waals surface area contributed by atoms with Gasteiger partial charge < -0.3 is 0 Å². The standard InChI is InChI=1S/C6H12S4/c1-7-5-3-10-6(8-2)4-9-5/h5-6H,3-4H2,1-2H3.